The van der Waals surface area contributed by atoms with Gasteiger partial charge in [-0.15, -0.1) is 0 Å². The Morgan fingerprint density at radius 2 is 1.48 bits per heavy atom. The van der Waals surface area contributed by atoms with E-state index in [4.69, 9.17) is 4.74 Å². The molecule has 4 unspecified atom stereocenters. The Bertz CT molecular complexity index is 551. The van der Waals surface area contributed by atoms with Gasteiger partial charge in [0.25, 0.3) is 0 Å². The van der Waals surface area contributed by atoms with Crippen molar-refractivity contribution in [3.05, 3.63) is 0 Å². The van der Waals surface area contributed by atoms with Crippen LogP contribution < -0.4 is 0 Å². The fraction of sp³-hybridized carbons (Fsp3) is 0.967. The predicted octanol–water partition coefficient (Wildman–Crippen LogP) is 7.56. The van der Waals surface area contributed by atoms with Crippen molar-refractivity contribution in [2.24, 2.45) is 23.7 Å². The molecule has 0 aromatic rings. The van der Waals surface area contributed by atoms with Gasteiger partial charge in [0.05, 0.1) is 12.2 Å². The Labute approximate surface area is 204 Å². The Morgan fingerprint density at radius 1 is 0.788 bits per heavy atom. The molecule has 0 bridgehead atoms. The first-order valence-electron chi connectivity index (χ1n) is 15.1. The van der Waals surface area contributed by atoms with E-state index in [1.165, 1.54) is 135 Å². The van der Waals surface area contributed by atoms with E-state index in [0.29, 0.717) is 18.1 Å². The van der Waals surface area contributed by atoms with Gasteiger partial charge >= 0.3 is 0 Å². The lowest BCUT2D eigenvalue weighted by molar-refractivity contribution is -0.108. The number of carbonyl (C=O) groups is 1. The lowest BCUT2D eigenvalue weighted by Crippen LogP contribution is -2.40. The molecule has 4 rings (SSSR count). The first-order valence-corrected chi connectivity index (χ1v) is 15.1. The summed E-state index contributed by atoms with van der Waals surface area (Å²) >= 11 is 0. The molecule has 0 N–H and O–H groups in total. The monoisotopic (exact) mass is 459 g/mol. The van der Waals surface area contributed by atoms with Crippen molar-refractivity contribution < 1.29 is 9.53 Å². The summed E-state index contributed by atoms with van der Waals surface area (Å²) in [6.45, 7) is 4.76. The number of fused-ring (bicyclic) bond motifs is 1. The highest BCUT2D eigenvalue weighted by Crippen LogP contribution is 2.48. The van der Waals surface area contributed by atoms with Crippen molar-refractivity contribution in [1.82, 2.24) is 4.90 Å². The molecule has 3 heteroatoms. The number of aldehydes is 1. The number of ether oxygens (including phenoxy) is 1. The molecule has 1 saturated heterocycles. The molecule has 33 heavy (non-hydrogen) atoms. The maximum absolute atomic E-state index is 11.5. The molecule has 0 radical (unpaired) electrons. The van der Waals surface area contributed by atoms with Gasteiger partial charge in [0.15, 0.2) is 0 Å². The predicted molar refractivity (Wildman–Crippen MR) is 137 cm³/mol. The summed E-state index contributed by atoms with van der Waals surface area (Å²) in [5.41, 5.74) is 0. The van der Waals surface area contributed by atoms with Gasteiger partial charge in [0.2, 0.25) is 0 Å². The van der Waals surface area contributed by atoms with E-state index in [1.54, 1.807) is 0 Å². The quantitative estimate of drug-likeness (QED) is 0.223. The van der Waals surface area contributed by atoms with Crippen LogP contribution in [0.3, 0.4) is 0 Å². The fourth-order valence-electron chi connectivity index (χ4n) is 8.08. The molecule has 3 nitrogen and oxygen atoms in total. The third kappa shape index (κ3) is 7.29. The molecule has 3 saturated carbocycles. The van der Waals surface area contributed by atoms with E-state index in [-0.39, 0.29) is 0 Å². The number of hydrogen-bond acceptors (Lipinski definition) is 3. The molecule has 190 valence electrons. The van der Waals surface area contributed by atoms with Crippen molar-refractivity contribution in [1.29, 1.82) is 0 Å². The molecule has 0 spiro atoms. The number of hydrogen-bond donors (Lipinski definition) is 0. The Hall–Kier alpha value is -0.410. The van der Waals surface area contributed by atoms with Crippen molar-refractivity contribution >= 4 is 6.29 Å². The Morgan fingerprint density at radius 3 is 2.24 bits per heavy atom. The molecule has 4 fully saturated rings. The second kappa shape index (κ2) is 13.6. The van der Waals surface area contributed by atoms with Crippen molar-refractivity contribution in [2.75, 3.05) is 13.1 Å². The van der Waals surface area contributed by atoms with Crippen LogP contribution in [0.5, 0.6) is 0 Å². The molecule has 0 aromatic carbocycles. The second-order valence-corrected chi connectivity index (χ2v) is 12.2. The number of rotatable bonds is 12. The van der Waals surface area contributed by atoms with E-state index in [1.807, 2.05) is 0 Å². The average Bonchev–Trinajstić information content (AvgIpc) is 3.19. The van der Waals surface area contributed by atoms with Gasteiger partial charge in [-0.25, -0.2) is 0 Å². The van der Waals surface area contributed by atoms with Gasteiger partial charge in [0.1, 0.15) is 6.29 Å². The zero-order chi connectivity index (χ0) is 22.9. The number of unbranched alkanes of at least 4 members (excludes halogenated alkanes) is 5. The smallest absolute Gasteiger partial charge is 0.120 e. The van der Waals surface area contributed by atoms with E-state index >= 15 is 0 Å². The molecule has 4 aliphatic rings. The summed E-state index contributed by atoms with van der Waals surface area (Å²) in [6.07, 6.45) is 27.8. The Kier molecular flexibility index (Phi) is 10.6. The summed E-state index contributed by atoms with van der Waals surface area (Å²) in [5, 5.41) is 0. The second-order valence-electron chi connectivity index (χ2n) is 12.2. The molecular formula is C30H53NO2. The molecule has 3 aliphatic carbocycles. The number of nitrogens with zero attached hydrogens (tertiary/aromatic N) is 1. The average molecular weight is 460 g/mol. The van der Waals surface area contributed by atoms with Crippen LogP contribution in [0, 0.1) is 23.7 Å². The molecule has 0 amide bonds. The lowest BCUT2D eigenvalue weighted by Gasteiger charge is -2.42. The summed E-state index contributed by atoms with van der Waals surface area (Å²) < 4.78 is 6.52. The van der Waals surface area contributed by atoms with Crippen LogP contribution in [0.2, 0.25) is 0 Å². The van der Waals surface area contributed by atoms with Crippen LogP contribution >= 0.6 is 0 Å². The number of likely N-dealkylation sites (tertiary alicyclic amines) is 1. The standard InChI is InChI=1S/C30H53NO2/c1-2-3-4-5-6-10-20-31-23-26(19-21-32)29-22-25(15-18-30(29)31)24-13-16-28(17-14-24)33-27-11-8-7-9-12-27/h21,24-30H,2-20,22-23H2,1H3. The minimum absolute atomic E-state index is 0.544. The van der Waals surface area contributed by atoms with E-state index < -0.39 is 0 Å². The summed E-state index contributed by atoms with van der Waals surface area (Å²) in [7, 11) is 0. The minimum atomic E-state index is 0.544. The van der Waals surface area contributed by atoms with Crippen molar-refractivity contribution in [3.63, 3.8) is 0 Å². The molecule has 1 heterocycles. The van der Waals surface area contributed by atoms with Crippen molar-refractivity contribution in [3.8, 4) is 0 Å². The van der Waals surface area contributed by atoms with Gasteiger partial charge in [0, 0.05) is 19.0 Å². The Balaban J connectivity index is 1.21. The van der Waals surface area contributed by atoms with Crippen LogP contribution in [0.15, 0.2) is 0 Å². The summed E-state index contributed by atoms with van der Waals surface area (Å²) in [6, 6.07) is 0.771. The van der Waals surface area contributed by atoms with Gasteiger partial charge in [-0.3, -0.25) is 4.90 Å². The third-order valence-corrected chi connectivity index (χ3v) is 9.97. The SMILES string of the molecule is CCCCCCCCN1CC(CC=O)C2CC(C3CCC(OC4CCCCC4)CC3)CCC21. The molecule has 1 aliphatic heterocycles. The first-order chi connectivity index (χ1) is 16.3. The van der Waals surface area contributed by atoms with E-state index in [2.05, 4.69) is 11.8 Å². The highest BCUT2D eigenvalue weighted by atomic mass is 16.5. The molecule has 4 atom stereocenters. The van der Waals surface area contributed by atoms with Crippen LogP contribution in [0.25, 0.3) is 0 Å². The van der Waals surface area contributed by atoms with Crippen LogP contribution in [-0.4, -0.2) is 42.5 Å². The van der Waals surface area contributed by atoms with Crippen LogP contribution in [-0.2, 0) is 9.53 Å². The van der Waals surface area contributed by atoms with Gasteiger partial charge in [-0.1, -0.05) is 58.3 Å². The largest absolute Gasteiger partial charge is 0.375 e. The topological polar surface area (TPSA) is 29.5 Å². The zero-order valence-electron chi connectivity index (χ0n) is 21.7. The highest BCUT2D eigenvalue weighted by Gasteiger charge is 2.45. The van der Waals surface area contributed by atoms with Crippen molar-refractivity contribution in [2.45, 2.75) is 147 Å². The third-order valence-electron chi connectivity index (χ3n) is 9.97. The number of carbonyl (C=O) groups excluding carboxylic acids is 1. The maximum atomic E-state index is 11.5. The van der Waals surface area contributed by atoms with Crippen LogP contribution in [0.4, 0.5) is 0 Å². The normalized spacial score (nSPS) is 36.0. The van der Waals surface area contributed by atoms with Gasteiger partial charge < -0.3 is 9.53 Å². The van der Waals surface area contributed by atoms with E-state index in [0.717, 1.165) is 30.2 Å². The molecule has 0 aromatic heterocycles. The fourth-order valence-corrected chi connectivity index (χ4v) is 8.08. The lowest BCUT2D eigenvalue weighted by atomic mass is 9.66. The first kappa shape index (κ1) is 25.7. The van der Waals surface area contributed by atoms with E-state index in [9.17, 15) is 4.79 Å². The zero-order valence-corrected chi connectivity index (χ0v) is 21.7. The summed E-state index contributed by atoms with van der Waals surface area (Å²) in [4.78, 5) is 14.3. The van der Waals surface area contributed by atoms with Crippen LogP contribution in [0.1, 0.15) is 129 Å². The highest BCUT2D eigenvalue weighted by molar-refractivity contribution is 5.50. The molecular weight excluding hydrogens is 406 g/mol. The van der Waals surface area contributed by atoms with Gasteiger partial charge in [-0.2, -0.15) is 0 Å². The van der Waals surface area contributed by atoms with Gasteiger partial charge in [-0.05, 0) is 94.4 Å². The minimum Gasteiger partial charge on any atom is -0.375 e. The summed E-state index contributed by atoms with van der Waals surface area (Å²) in [5.74, 6) is 3.23. The maximum Gasteiger partial charge on any atom is 0.120 e.